The van der Waals surface area contributed by atoms with Crippen molar-refractivity contribution < 1.29 is 4.79 Å². The number of rotatable bonds is 4. The highest BCUT2D eigenvalue weighted by Gasteiger charge is 2.09. The Morgan fingerprint density at radius 2 is 1.90 bits per heavy atom. The third-order valence-electron chi connectivity index (χ3n) is 3.05. The first-order valence-electron chi connectivity index (χ1n) is 6.46. The smallest absolute Gasteiger partial charge is 0.243 e. The third kappa shape index (κ3) is 3.74. The second kappa shape index (κ2) is 6.44. The second-order valence-electron chi connectivity index (χ2n) is 4.65. The van der Waals surface area contributed by atoms with Gasteiger partial charge in [-0.15, -0.1) is 0 Å². The van der Waals surface area contributed by atoms with Crippen LogP contribution in [0.2, 0.25) is 0 Å². The minimum atomic E-state index is -0.153. The molecule has 2 rings (SSSR count). The van der Waals surface area contributed by atoms with Crippen LogP contribution in [0, 0.1) is 11.3 Å². The van der Waals surface area contributed by atoms with Gasteiger partial charge in [0, 0.05) is 12.7 Å². The van der Waals surface area contributed by atoms with Gasteiger partial charge in [0.15, 0.2) is 0 Å². The zero-order chi connectivity index (χ0) is 15.2. The molecule has 0 bridgehead atoms. The van der Waals surface area contributed by atoms with E-state index in [0.717, 1.165) is 5.69 Å². The first-order chi connectivity index (χ1) is 10.1. The summed E-state index contributed by atoms with van der Waals surface area (Å²) in [5, 5.41) is 11.5. The molecule has 0 saturated carbocycles. The van der Waals surface area contributed by atoms with Gasteiger partial charge in [-0.3, -0.25) is 4.79 Å². The van der Waals surface area contributed by atoms with E-state index in [2.05, 4.69) is 11.4 Å². The van der Waals surface area contributed by atoms with E-state index in [0.29, 0.717) is 16.9 Å². The summed E-state index contributed by atoms with van der Waals surface area (Å²) in [5.74, 6) is -0.153. The Hall–Kier alpha value is -3.00. The molecule has 2 aromatic carbocycles. The molecule has 1 amide bonds. The zero-order valence-electron chi connectivity index (χ0n) is 11.7. The van der Waals surface area contributed by atoms with Gasteiger partial charge in [-0.25, -0.2) is 0 Å². The van der Waals surface area contributed by atoms with Gasteiger partial charge in [-0.2, -0.15) is 5.26 Å². The number of carbonyl (C=O) groups excluding carboxylic acids is 1. The van der Waals surface area contributed by atoms with Gasteiger partial charge < -0.3 is 16.0 Å². The number of carbonyl (C=O) groups is 1. The molecule has 0 radical (unpaired) electrons. The number of nitrogens with one attached hydrogen (secondary N) is 1. The van der Waals surface area contributed by atoms with Gasteiger partial charge in [-0.1, -0.05) is 12.1 Å². The molecule has 2 aromatic rings. The molecule has 0 unspecified atom stereocenters. The lowest BCUT2D eigenvalue weighted by Gasteiger charge is -2.19. The van der Waals surface area contributed by atoms with E-state index in [-0.39, 0.29) is 12.5 Å². The fourth-order valence-corrected chi connectivity index (χ4v) is 1.90. The van der Waals surface area contributed by atoms with Crippen LogP contribution in [0.1, 0.15) is 5.56 Å². The van der Waals surface area contributed by atoms with E-state index in [9.17, 15) is 4.79 Å². The monoisotopic (exact) mass is 280 g/mol. The number of nitrogen functional groups attached to an aromatic ring is 1. The summed E-state index contributed by atoms with van der Waals surface area (Å²) in [5.41, 5.74) is 8.38. The number of hydrogen-bond donors (Lipinski definition) is 2. The molecule has 0 aromatic heterocycles. The summed E-state index contributed by atoms with van der Waals surface area (Å²) in [6.45, 7) is 0.195. The average molecular weight is 280 g/mol. The lowest BCUT2D eigenvalue weighted by molar-refractivity contribution is -0.114. The quantitative estimate of drug-likeness (QED) is 0.841. The Bertz CT molecular complexity index is 673. The molecule has 0 atom stereocenters. The molecule has 106 valence electrons. The number of nitrogens with zero attached hydrogens (tertiary/aromatic N) is 2. The van der Waals surface area contributed by atoms with Crippen molar-refractivity contribution in [2.75, 3.05) is 29.5 Å². The van der Waals surface area contributed by atoms with Crippen molar-refractivity contribution in [2.45, 2.75) is 0 Å². The first-order valence-corrected chi connectivity index (χ1v) is 6.46. The van der Waals surface area contributed by atoms with Crippen LogP contribution in [0.15, 0.2) is 48.5 Å². The number of anilines is 3. The molecule has 5 nitrogen and oxygen atoms in total. The molecule has 0 spiro atoms. The van der Waals surface area contributed by atoms with Gasteiger partial charge in [0.05, 0.1) is 29.6 Å². The van der Waals surface area contributed by atoms with Crippen LogP contribution < -0.4 is 16.0 Å². The predicted octanol–water partition coefficient (Wildman–Crippen LogP) is 2.22. The summed E-state index contributed by atoms with van der Waals surface area (Å²) >= 11 is 0. The topological polar surface area (TPSA) is 82.2 Å². The van der Waals surface area contributed by atoms with E-state index in [4.69, 9.17) is 11.0 Å². The van der Waals surface area contributed by atoms with Crippen LogP contribution in [0.5, 0.6) is 0 Å². The highest BCUT2D eigenvalue weighted by molar-refractivity contribution is 5.96. The minimum absolute atomic E-state index is 0.153. The fraction of sp³-hybridized carbons (Fsp3) is 0.125. The Kier molecular flexibility index (Phi) is 4.42. The maximum absolute atomic E-state index is 12.0. The number of amides is 1. The molecular weight excluding hydrogens is 264 g/mol. The van der Waals surface area contributed by atoms with Crippen molar-refractivity contribution >= 4 is 23.0 Å². The van der Waals surface area contributed by atoms with Crippen molar-refractivity contribution in [1.82, 2.24) is 0 Å². The molecule has 0 saturated heterocycles. The molecule has 0 heterocycles. The van der Waals surface area contributed by atoms with Gasteiger partial charge in [-0.05, 0) is 36.4 Å². The average Bonchev–Trinajstić information content (AvgIpc) is 2.49. The molecule has 0 aliphatic rings. The molecule has 5 heteroatoms. The number of nitrogens with two attached hydrogens (primary N) is 1. The van der Waals surface area contributed by atoms with E-state index in [1.807, 2.05) is 31.3 Å². The predicted molar refractivity (Wildman–Crippen MR) is 83.9 cm³/mol. The van der Waals surface area contributed by atoms with Crippen LogP contribution in [0.4, 0.5) is 17.1 Å². The largest absolute Gasteiger partial charge is 0.397 e. The molecular formula is C16H16N4O. The van der Waals surface area contributed by atoms with Crippen molar-refractivity contribution in [2.24, 2.45) is 0 Å². The van der Waals surface area contributed by atoms with Crippen LogP contribution in [-0.2, 0) is 4.79 Å². The van der Waals surface area contributed by atoms with Crippen LogP contribution in [0.3, 0.4) is 0 Å². The van der Waals surface area contributed by atoms with Gasteiger partial charge in [0.25, 0.3) is 0 Å². The molecule has 0 aliphatic heterocycles. The van der Waals surface area contributed by atoms with Gasteiger partial charge in [0.2, 0.25) is 5.91 Å². The van der Waals surface area contributed by atoms with Gasteiger partial charge in [0.1, 0.15) is 0 Å². The fourth-order valence-electron chi connectivity index (χ4n) is 1.90. The second-order valence-corrected chi connectivity index (χ2v) is 4.65. The van der Waals surface area contributed by atoms with E-state index >= 15 is 0 Å². The first kappa shape index (κ1) is 14.4. The SMILES string of the molecule is CN(CC(=O)Nc1ccccc1N)c1ccc(C#N)cc1. The van der Waals surface area contributed by atoms with Crippen LogP contribution >= 0.6 is 0 Å². The van der Waals surface area contributed by atoms with Crippen LogP contribution in [-0.4, -0.2) is 19.5 Å². The summed E-state index contributed by atoms with van der Waals surface area (Å²) in [7, 11) is 1.81. The standard InChI is InChI=1S/C16H16N4O/c1-20(13-8-6-12(10-17)7-9-13)11-16(21)19-15-5-3-2-4-14(15)18/h2-9H,11,18H2,1H3,(H,19,21). The zero-order valence-corrected chi connectivity index (χ0v) is 11.7. The van der Waals surface area contributed by atoms with Crippen molar-refractivity contribution in [1.29, 1.82) is 5.26 Å². The third-order valence-corrected chi connectivity index (χ3v) is 3.05. The highest BCUT2D eigenvalue weighted by Crippen LogP contribution is 2.17. The summed E-state index contributed by atoms with van der Waals surface area (Å²) < 4.78 is 0. The summed E-state index contributed by atoms with van der Waals surface area (Å²) in [6.07, 6.45) is 0. The number of benzene rings is 2. The Morgan fingerprint density at radius 3 is 2.52 bits per heavy atom. The number of nitriles is 1. The van der Waals surface area contributed by atoms with E-state index in [1.54, 1.807) is 29.2 Å². The van der Waals surface area contributed by atoms with Gasteiger partial charge >= 0.3 is 0 Å². The Balaban J connectivity index is 1.99. The molecule has 3 N–H and O–H groups in total. The van der Waals surface area contributed by atoms with E-state index < -0.39 is 0 Å². The number of likely N-dealkylation sites (N-methyl/N-ethyl adjacent to an activating group) is 1. The lowest BCUT2D eigenvalue weighted by Crippen LogP contribution is -2.30. The van der Waals surface area contributed by atoms with Crippen LogP contribution in [0.25, 0.3) is 0 Å². The van der Waals surface area contributed by atoms with Crippen molar-refractivity contribution in [3.8, 4) is 6.07 Å². The number of hydrogen-bond acceptors (Lipinski definition) is 4. The molecule has 0 fully saturated rings. The number of para-hydroxylation sites is 2. The highest BCUT2D eigenvalue weighted by atomic mass is 16.2. The van der Waals surface area contributed by atoms with Crippen molar-refractivity contribution in [3.63, 3.8) is 0 Å². The maximum Gasteiger partial charge on any atom is 0.243 e. The normalized spacial score (nSPS) is 9.71. The van der Waals surface area contributed by atoms with Crippen molar-refractivity contribution in [3.05, 3.63) is 54.1 Å². The summed E-state index contributed by atoms with van der Waals surface area (Å²) in [4.78, 5) is 13.8. The van der Waals surface area contributed by atoms with E-state index in [1.165, 1.54) is 0 Å². The maximum atomic E-state index is 12.0. The summed E-state index contributed by atoms with van der Waals surface area (Å²) in [6, 6.07) is 16.2. The Morgan fingerprint density at radius 1 is 1.24 bits per heavy atom. The lowest BCUT2D eigenvalue weighted by atomic mass is 10.2. The molecule has 21 heavy (non-hydrogen) atoms. The Labute approximate surface area is 123 Å². The minimum Gasteiger partial charge on any atom is -0.397 e. The molecule has 0 aliphatic carbocycles.